The normalized spacial score (nSPS) is 11.5. The van der Waals surface area contributed by atoms with E-state index in [0.29, 0.717) is 16.8 Å². The second-order valence-electron chi connectivity index (χ2n) is 6.48. The molecule has 0 aliphatic rings. The number of esters is 1. The second-order valence-corrected chi connectivity index (χ2v) is 6.48. The van der Waals surface area contributed by atoms with E-state index in [4.69, 9.17) is 9.47 Å². The number of para-hydroxylation sites is 1. The van der Waals surface area contributed by atoms with Crippen LogP contribution in [0, 0.1) is 0 Å². The Morgan fingerprint density at radius 3 is 2.42 bits per heavy atom. The summed E-state index contributed by atoms with van der Waals surface area (Å²) in [6.45, 7) is 1.96. The number of halogens is 3. The summed E-state index contributed by atoms with van der Waals surface area (Å²) in [6.07, 6.45) is -3.74. The first-order valence-corrected chi connectivity index (χ1v) is 9.33. The highest BCUT2D eigenvalue weighted by atomic mass is 19.4. The van der Waals surface area contributed by atoms with Crippen LogP contribution in [-0.2, 0) is 10.9 Å². The molecule has 0 aliphatic carbocycles. The monoisotopic (exact) mass is 427 g/mol. The van der Waals surface area contributed by atoms with Gasteiger partial charge in [0.05, 0.1) is 23.4 Å². The lowest BCUT2D eigenvalue weighted by Crippen LogP contribution is -2.07. The Kier molecular flexibility index (Phi) is 5.33. The molecule has 2 aromatic carbocycles. The molecule has 4 rings (SSSR count). The molecule has 0 saturated heterocycles. The molecule has 0 spiro atoms. The molecule has 0 fully saturated rings. The number of hydrogen-bond donors (Lipinski definition) is 0. The van der Waals surface area contributed by atoms with Crippen LogP contribution in [0.5, 0.6) is 11.6 Å². The predicted molar refractivity (Wildman–Crippen MR) is 106 cm³/mol. The number of rotatable bonds is 5. The van der Waals surface area contributed by atoms with Gasteiger partial charge in [-0.2, -0.15) is 18.3 Å². The van der Waals surface area contributed by atoms with Crippen LogP contribution in [0.1, 0.15) is 23.0 Å². The number of aromatic nitrogens is 3. The summed E-state index contributed by atoms with van der Waals surface area (Å²) in [6, 6.07) is 16.0. The van der Waals surface area contributed by atoms with Crippen molar-refractivity contribution < 1.29 is 27.4 Å². The molecule has 0 bridgehead atoms. The van der Waals surface area contributed by atoms with Gasteiger partial charge in [0, 0.05) is 17.6 Å². The van der Waals surface area contributed by atoms with Crippen molar-refractivity contribution in [3.05, 3.63) is 78.1 Å². The van der Waals surface area contributed by atoms with Gasteiger partial charge in [0.15, 0.2) is 5.69 Å². The van der Waals surface area contributed by atoms with Gasteiger partial charge in [-0.1, -0.05) is 18.2 Å². The number of ether oxygens (including phenoxy) is 2. The number of benzene rings is 2. The van der Waals surface area contributed by atoms with Gasteiger partial charge in [-0.25, -0.2) is 14.5 Å². The van der Waals surface area contributed by atoms with Crippen LogP contribution in [0.4, 0.5) is 13.2 Å². The third kappa shape index (κ3) is 4.20. The molecule has 0 atom stereocenters. The molecule has 31 heavy (non-hydrogen) atoms. The van der Waals surface area contributed by atoms with Gasteiger partial charge >= 0.3 is 12.1 Å². The van der Waals surface area contributed by atoms with Gasteiger partial charge < -0.3 is 9.47 Å². The van der Waals surface area contributed by atoms with Crippen molar-refractivity contribution in [2.24, 2.45) is 0 Å². The first kappa shape index (κ1) is 20.4. The smallest absolute Gasteiger partial charge is 0.417 e. The zero-order valence-electron chi connectivity index (χ0n) is 16.3. The Morgan fingerprint density at radius 2 is 1.77 bits per heavy atom. The van der Waals surface area contributed by atoms with E-state index in [2.05, 4.69) is 10.1 Å². The number of nitrogens with zero attached hydrogens (tertiary/aromatic N) is 3. The Hall–Kier alpha value is -3.88. The highest BCUT2D eigenvalue weighted by Gasteiger charge is 2.30. The summed E-state index contributed by atoms with van der Waals surface area (Å²) in [4.78, 5) is 15.9. The molecule has 9 heteroatoms. The quantitative estimate of drug-likeness (QED) is 0.399. The van der Waals surface area contributed by atoms with Crippen LogP contribution < -0.4 is 4.74 Å². The van der Waals surface area contributed by atoms with Crippen LogP contribution >= 0.6 is 0 Å². The van der Waals surface area contributed by atoms with Crippen LogP contribution in [0.15, 0.2) is 66.9 Å². The maximum atomic E-state index is 12.6. The maximum absolute atomic E-state index is 12.6. The summed E-state index contributed by atoms with van der Waals surface area (Å²) < 4.78 is 50.1. The van der Waals surface area contributed by atoms with Crippen molar-refractivity contribution in [3.63, 3.8) is 0 Å². The zero-order valence-corrected chi connectivity index (χ0v) is 16.3. The van der Waals surface area contributed by atoms with Crippen molar-refractivity contribution in [3.8, 4) is 17.3 Å². The van der Waals surface area contributed by atoms with E-state index < -0.39 is 17.7 Å². The third-order valence-electron chi connectivity index (χ3n) is 4.42. The lowest BCUT2D eigenvalue weighted by atomic mass is 10.2. The van der Waals surface area contributed by atoms with Gasteiger partial charge in [0.1, 0.15) is 5.75 Å². The van der Waals surface area contributed by atoms with Crippen LogP contribution in [-0.4, -0.2) is 27.3 Å². The molecule has 2 heterocycles. The predicted octanol–water partition coefficient (Wildman–Crippen LogP) is 5.41. The van der Waals surface area contributed by atoms with Crippen molar-refractivity contribution in [2.75, 3.05) is 6.61 Å². The SMILES string of the molecule is CCOC(=O)c1nn(-c2ccc(Oc3ccc(C(F)(F)F)cn3)cc2)c2ccccc12. The van der Waals surface area contributed by atoms with Gasteiger partial charge in [-0.3, -0.25) is 0 Å². The first-order valence-electron chi connectivity index (χ1n) is 9.33. The van der Waals surface area contributed by atoms with Gasteiger partial charge in [0.2, 0.25) is 5.88 Å². The summed E-state index contributed by atoms with van der Waals surface area (Å²) in [5.41, 5.74) is 0.757. The Bertz CT molecular complexity index is 1220. The van der Waals surface area contributed by atoms with Gasteiger partial charge in [-0.05, 0) is 43.3 Å². The topological polar surface area (TPSA) is 66.2 Å². The summed E-state index contributed by atoms with van der Waals surface area (Å²) in [5.74, 6) is -0.0845. The second kappa shape index (κ2) is 8.10. The fourth-order valence-electron chi connectivity index (χ4n) is 3.00. The first-order chi connectivity index (χ1) is 14.9. The fraction of sp³-hybridized carbons (Fsp3) is 0.136. The van der Waals surface area contributed by atoms with Crippen LogP contribution in [0.2, 0.25) is 0 Å². The summed E-state index contributed by atoms with van der Waals surface area (Å²) >= 11 is 0. The molecule has 0 unspecified atom stereocenters. The van der Waals surface area contributed by atoms with Crippen molar-refractivity contribution in [1.82, 2.24) is 14.8 Å². The highest BCUT2D eigenvalue weighted by Crippen LogP contribution is 2.30. The molecule has 158 valence electrons. The summed E-state index contributed by atoms with van der Waals surface area (Å²) in [5, 5.41) is 5.07. The van der Waals surface area contributed by atoms with E-state index >= 15 is 0 Å². The van der Waals surface area contributed by atoms with E-state index in [1.165, 1.54) is 0 Å². The number of alkyl halides is 3. The van der Waals surface area contributed by atoms with Crippen molar-refractivity contribution in [2.45, 2.75) is 13.1 Å². The molecule has 0 N–H and O–H groups in total. The Balaban J connectivity index is 1.60. The fourth-order valence-corrected chi connectivity index (χ4v) is 3.00. The lowest BCUT2D eigenvalue weighted by molar-refractivity contribution is -0.137. The molecule has 4 aromatic rings. The van der Waals surface area contributed by atoms with Crippen molar-refractivity contribution in [1.29, 1.82) is 0 Å². The zero-order chi connectivity index (χ0) is 22.0. The van der Waals surface area contributed by atoms with Crippen molar-refractivity contribution >= 4 is 16.9 Å². The Morgan fingerprint density at radius 1 is 1.03 bits per heavy atom. The number of carbonyl (C=O) groups excluding carboxylic acids is 1. The van der Waals surface area contributed by atoms with Crippen LogP contribution in [0.3, 0.4) is 0 Å². The number of pyridine rings is 1. The molecular formula is C22H16F3N3O3. The van der Waals surface area contributed by atoms with E-state index in [1.807, 2.05) is 18.2 Å². The summed E-state index contributed by atoms with van der Waals surface area (Å²) in [7, 11) is 0. The lowest BCUT2D eigenvalue weighted by Gasteiger charge is -2.09. The average molecular weight is 427 g/mol. The number of hydrogen-bond acceptors (Lipinski definition) is 5. The molecule has 0 saturated carbocycles. The number of carbonyl (C=O) groups is 1. The largest absolute Gasteiger partial charge is 0.461 e. The minimum absolute atomic E-state index is 0.0369. The molecule has 0 radical (unpaired) electrons. The van der Waals surface area contributed by atoms with E-state index in [-0.39, 0.29) is 18.2 Å². The van der Waals surface area contributed by atoms with Gasteiger partial charge in [0.25, 0.3) is 0 Å². The molecule has 0 aliphatic heterocycles. The van der Waals surface area contributed by atoms with Gasteiger partial charge in [-0.15, -0.1) is 0 Å². The molecular weight excluding hydrogens is 411 g/mol. The molecule has 6 nitrogen and oxygen atoms in total. The van der Waals surface area contributed by atoms with E-state index in [1.54, 1.807) is 41.9 Å². The third-order valence-corrected chi connectivity index (χ3v) is 4.42. The minimum Gasteiger partial charge on any atom is -0.461 e. The standard InChI is InChI=1S/C22H16F3N3O3/c1-2-30-21(29)20-17-5-3-4-6-18(17)28(27-20)15-8-10-16(11-9-15)31-19-12-7-14(13-26-19)22(23,24)25/h3-13H,2H2,1H3. The molecule has 2 aromatic heterocycles. The molecule has 0 amide bonds. The maximum Gasteiger partial charge on any atom is 0.417 e. The van der Waals surface area contributed by atoms with E-state index in [0.717, 1.165) is 23.8 Å². The average Bonchev–Trinajstić information content (AvgIpc) is 3.14. The Labute approximate surface area is 174 Å². The van der Waals surface area contributed by atoms with E-state index in [9.17, 15) is 18.0 Å². The highest BCUT2D eigenvalue weighted by molar-refractivity contribution is 6.02. The van der Waals surface area contributed by atoms with Crippen LogP contribution in [0.25, 0.3) is 16.6 Å². The minimum atomic E-state index is -4.46. The number of fused-ring (bicyclic) bond motifs is 1.